The Morgan fingerprint density at radius 2 is 1.79 bits per heavy atom. The maximum atomic E-state index is 13.3. The molecule has 1 heterocycles. The number of hydrogen-bond donors (Lipinski definition) is 0. The molecule has 0 amide bonds. The van der Waals surface area contributed by atoms with E-state index in [2.05, 4.69) is 15.9 Å². The number of ether oxygens (including phenoxy) is 2. The van der Waals surface area contributed by atoms with Crippen molar-refractivity contribution in [1.82, 2.24) is 0 Å². The second-order valence-corrected chi connectivity index (χ2v) is 3.72. The normalized spacial score (nSPS) is 17.6. The molecule has 0 aliphatic carbocycles. The lowest BCUT2D eigenvalue weighted by Crippen LogP contribution is -2.02. The van der Waals surface area contributed by atoms with Gasteiger partial charge in [0.15, 0.2) is 6.29 Å². The van der Waals surface area contributed by atoms with Crippen molar-refractivity contribution in [3.8, 4) is 0 Å². The van der Waals surface area contributed by atoms with Gasteiger partial charge in [0.1, 0.15) is 11.6 Å². The first-order chi connectivity index (χ1) is 6.68. The van der Waals surface area contributed by atoms with Gasteiger partial charge in [-0.1, -0.05) is 0 Å². The van der Waals surface area contributed by atoms with Crippen molar-refractivity contribution in [3.05, 3.63) is 33.8 Å². The summed E-state index contributed by atoms with van der Waals surface area (Å²) in [5, 5.41) is 0. The van der Waals surface area contributed by atoms with E-state index in [9.17, 15) is 8.78 Å². The molecule has 1 aromatic rings. The summed E-state index contributed by atoms with van der Waals surface area (Å²) < 4.78 is 36.6. The van der Waals surface area contributed by atoms with Gasteiger partial charge in [-0.3, -0.25) is 0 Å². The molecular formula is C9H7BrF2O2. The van der Waals surface area contributed by atoms with Crippen molar-refractivity contribution in [3.63, 3.8) is 0 Å². The van der Waals surface area contributed by atoms with Crippen LogP contribution in [0.4, 0.5) is 8.78 Å². The van der Waals surface area contributed by atoms with Crippen molar-refractivity contribution in [1.29, 1.82) is 0 Å². The minimum Gasteiger partial charge on any atom is -0.346 e. The van der Waals surface area contributed by atoms with Crippen LogP contribution in [-0.2, 0) is 9.47 Å². The van der Waals surface area contributed by atoms with Crippen molar-refractivity contribution in [2.45, 2.75) is 6.29 Å². The van der Waals surface area contributed by atoms with E-state index in [1.165, 1.54) is 6.07 Å². The summed E-state index contributed by atoms with van der Waals surface area (Å²) in [5.74, 6) is -1.29. The van der Waals surface area contributed by atoms with Gasteiger partial charge < -0.3 is 9.47 Å². The van der Waals surface area contributed by atoms with Crippen molar-refractivity contribution >= 4 is 15.9 Å². The second kappa shape index (κ2) is 3.92. The Kier molecular flexibility index (Phi) is 2.80. The topological polar surface area (TPSA) is 18.5 Å². The highest BCUT2D eigenvalue weighted by molar-refractivity contribution is 9.10. The van der Waals surface area contributed by atoms with Crippen molar-refractivity contribution < 1.29 is 18.3 Å². The molecule has 0 saturated carbocycles. The molecule has 1 aliphatic heterocycles. The highest BCUT2D eigenvalue weighted by Crippen LogP contribution is 2.29. The monoisotopic (exact) mass is 264 g/mol. The van der Waals surface area contributed by atoms with E-state index in [0.717, 1.165) is 6.07 Å². The zero-order valence-corrected chi connectivity index (χ0v) is 8.68. The zero-order chi connectivity index (χ0) is 10.1. The lowest BCUT2D eigenvalue weighted by molar-refractivity contribution is -0.0465. The van der Waals surface area contributed by atoms with Gasteiger partial charge in [-0.2, -0.15) is 0 Å². The van der Waals surface area contributed by atoms with Gasteiger partial charge in [0, 0.05) is 11.6 Å². The van der Waals surface area contributed by atoms with Crippen molar-refractivity contribution in [2.75, 3.05) is 13.2 Å². The predicted molar refractivity (Wildman–Crippen MR) is 48.7 cm³/mol. The van der Waals surface area contributed by atoms with E-state index < -0.39 is 17.9 Å². The average Bonchev–Trinajstić information content (AvgIpc) is 2.64. The Hall–Kier alpha value is -0.520. The molecule has 0 unspecified atom stereocenters. The third kappa shape index (κ3) is 1.80. The number of rotatable bonds is 1. The van der Waals surface area contributed by atoms with Crippen LogP contribution in [0, 0.1) is 11.6 Å². The van der Waals surface area contributed by atoms with Gasteiger partial charge in [-0.05, 0) is 22.0 Å². The van der Waals surface area contributed by atoms with Crippen LogP contribution >= 0.6 is 15.9 Å². The van der Waals surface area contributed by atoms with Crippen LogP contribution in [0.1, 0.15) is 11.9 Å². The fraction of sp³-hybridized carbons (Fsp3) is 0.333. The Bertz CT molecular complexity index is 351. The third-order valence-electron chi connectivity index (χ3n) is 1.92. The van der Waals surface area contributed by atoms with Crippen LogP contribution < -0.4 is 0 Å². The van der Waals surface area contributed by atoms with Gasteiger partial charge in [-0.25, -0.2) is 8.78 Å². The standard InChI is InChI=1S/C9H7BrF2O2/c10-6-3-5(7(11)4-8(6)12)9-13-1-2-14-9/h3-4,9H,1-2H2. The molecule has 1 aliphatic rings. The molecule has 1 aromatic carbocycles. The van der Waals surface area contributed by atoms with E-state index in [1.54, 1.807) is 0 Å². The number of hydrogen-bond acceptors (Lipinski definition) is 2. The van der Waals surface area contributed by atoms with Crippen LogP contribution in [0.2, 0.25) is 0 Å². The summed E-state index contributed by atoms with van der Waals surface area (Å²) in [4.78, 5) is 0. The quantitative estimate of drug-likeness (QED) is 0.727. The van der Waals surface area contributed by atoms with Crippen LogP contribution in [0.15, 0.2) is 16.6 Å². The van der Waals surface area contributed by atoms with E-state index in [-0.39, 0.29) is 10.0 Å². The molecule has 0 aromatic heterocycles. The maximum absolute atomic E-state index is 13.3. The fourth-order valence-electron chi connectivity index (χ4n) is 1.26. The Morgan fingerprint density at radius 3 is 2.43 bits per heavy atom. The summed E-state index contributed by atoms with van der Waals surface area (Å²) in [6.07, 6.45) is -0.716. The Labute approximate surface area is 87.9 Å². The smallest absolute Gasteiger partial charge is 0.186 e. The summed E-state index contributed by atoms with van der Waals surface area (Å²) in [6.45, 7) is 0.859. The summed E-state index contributed by atoms with van der Waals surface area (Å²) >= 11 is 2.97. The van der Waals surface area contributed by atoms with Crippen LogP contribution in [0.25, 0.3) is 0 Å². The van der Waals surface area contributed by atoms with Crippen LogP contribution in [-0.4, -0.2) is 13.2 Å². The fourth-order valence-corrected chi connectivity index (χ4v) is 1.62. The molecule has 1 saturated heterocycles. The maximum Gasteiger partial charge on any atom is 0.186 e. The summed E-state index contributed by atoms with van der Waals surface area (Å²) in [6, 6.07) is 2.14. The molecule has 2 rings (SSSR count). The molecule has 2 nitrogen and oxygen atoms in total. The first-order valence-corrected chi connectivity index (χ1v) is 4.85. The van der Waals surface area contributed by atoms with E-state index in [1.807, 2.05) is 0 Å². The highest BCUT2D eigenvalue weighted by atomic mass is 79.9. The van der Waals surface area contributed by atoms with E-state index in [4.69, 9.17) is 9.47 Å². The molecule has 76 valence electrons. The van der Waals surface area contributed by atoms with Gasteiger partial charge in [-0.15, -0.1) is 0 Å². The van der Waals surface area contributed by atoms with Gasteiger partial charge in [0.05, 0.1) is 17.7 Å². The summed E-state index contributed by atoms with van der Waals surface area (Å²) in [7, 11) is 0. The zero-order valence-electron chi connectivity index (χ0n) is 7.10. The molecule has 0 radical (unpaired) electrons. The molecule has 0 N–H and O–H groups in total. The SMILES string of the molecule is Fc1cc(F)c(C2OCCO2)cc1Br. The average molecular weight is 265 g/mol. The van der Waals surface area contributed by atoms with Gasteiger partial charge in [0.25, 0.3) is 0 Å². The number of halogens is 3. The molecule has 0 spiro atoms. The van der Waals surface area contributed by atoms with Gasteiger partial charge in [0.2, 0.25) is 0 Å². The molecule has 14 heavy (non-hydrogen) atoms. The largest absolute Gasteiger partial charge is 0.346 e. The van der Waals surface area contributed by atoms with E-state index >= 15 is 0 Å². The van der Waals surface area contributed by atoms with Gasteiger partial charge >= 0.3 is 0 Å². The third-order valence-corrected chi connectivity index (χ3v) is 2.52. The second-order valence-electron chi connectivity index (χ2n) is 2.86. The van der Waals surface area contributed by atoms with Crippen LogP contribution in [0.3, 0.4) is 0 Å². The summed E-state index contributed by atoms with van der Waals surface area (Å²) in [5.41, 5.74) is 0.218. The highest BCUT2D eigenvalue weighted by Gasteiger charge is 2.23. The number of benzene rings is 1. The Morgan fingerprint density at radius 1 is 1.14 bits per heavy atom. The Balaban J connectivity index is 2.37. The lowest BCUT2D eigenvalue weighted by atomic mass is 10.2. The minimum atomic E-state index is -0.716. The minimum absolute atomic E-state index is 0.202. The lowest BCUT2D eigenvalue weighted by Gasteiger charge is -2.10. The molecule has 0 bridgehead atoms. The van der Waals surface area contributed by atoms with E-state index in [0.29, 0.717) is 13.2 Å². The van der Waals surface area contributed by atoms with Crippen molar-refractivity contribution in [2.24, 2.45) is 0 Å². The molecule has 0 atom stereocenters. The van der Waals surface area contributed by atoms with Crippen LogP contribution in [0.5, 0.6) is 0 Å². The first kappa shape index (κ1) is 10.0. The molecule has 5 heteroatoms. The molecular weight excluding hydrogens is 258 g/mol. The predicted octanol–water partition coefficient (Wildman–Crippen LogP) is 2.77. The first-order valence-electron chi connectivity index (χ1n) is 4.06. The molecule has 1 fully saturated rings.